The molecule has 0 aromatic heterocycles. The number of nitrogens with one attached hydrogen (secondary N) is 1. The van der Waals surface area contributed by atoms with Gasteiger partial charge in [-0.05, 0) is 42.2 Å². The van der Waals surface area contributed by atoms with E-state index in [0.29, 0.717) is 23.3 Å². The molecule has 0 bridgehead atoms. The van der Waals surface area contributed by atoms with Crippen molar-refractivity contribution in [3.05, 3.63) is 59.2 Å². The van der Waals surface area contributed by atoms with Gasteiger partial charge >= 0.3 is 6.03 Å². The van der Waals surface area contributed by atoms with E-state index in [2.05, 4.69) is 36.5 Å². The monoisotopic (exact) mass is 400 g/mol. The van der Waals surface area contributed by atoms with Crippen LogP contribution in [-0.2, 0) is 6.54 Å². The molecule has 0 spiro atoms. The van der Waals surface area contributed by atoms with E-state index in [0.717, 1.165) is 30.8 Å². The van der Waals surface area contributed by atoms with Crippen LogP contribution >= 0.6 is 11.8 Å². The lowest BCUT2D eigenvalue weighted by Gasteiger charge is -2.21. The highest BCUT2D eigenvalue weighted by molar-refractivity contribution is 7.99. The molecule has 0 aliphatic carbocycles. The number of hydrogen-bond donors (Lipinski definition) is 1. The topological polar surface area (TPSA) is 50.8 Å². The number of amides is 2. The molecule has 2 amide bonds. The van der Waals surface area contributed by atoms with Gasteiger partial charge in [0.25, 0.3) is 0 Å². The number of aryl methyl sites for hydroxylation is 1. The van der Waals surface area contributed by atoms with Crippen molar-refractivity contribution < 1.29 is 14.3 Å². The fourth-order valence-electron chi connectivity index (χ4n) is 3.45. The zero-order valence-corrected chi connectivity index (χ0v) is 17.6. The van der Waals surface area contributed by atoms with Crippen molar-refractivity contribution >= 4 is 17.8 Å². The molecule has 2 aromatic rings. The normalized spacial score (nSPS) is 17.0. The van der Waals surface area contributed by atoms with Crippen molar-refractivity contribution in [2.24, 2.45) is 0 Å². The molecule has 1 fully saturated rings. The number of hydrogen-bond acceptors (Lipinski definition) is 4. The summed E-state index contributed by atoms with van der Waals surface area (Å²) in [6, 6.07) is 14.2. The molecular weight excluding hydrogens is 372 g/mol. The van der Waals surface area contributed by atoms with Crippen molar-refractivity contribution in [2.75, 3.05) is 33.1 Å². The van der Waals surface area contributed by atoms with Crippen molar-refractivity contribution in [2.45, 2.75) is 25.1 Å². The summed E-state index contributed by atoms with van der Waals surface area (Å²) in [5.74, 6) is 2.30. The van der Waals surface area contributed by atoms with Crippen LogP contribution in [0.5, 0.6) is 11.5 Å². The van der Waals surface area contributed by atoms with Crippen LogP contribution in [0, 0.1) is 6.92 Å². The number of rotatable bonds is 5. The average molecular weight is 401 g/mol. The quantitative estimate of drug-likeness (QED) is 0.808. The van der Waals surface area contributed by atoms with Crippen molar-refractivity contribution in [3.63, 3.8) is 0 Å². The van der Waals surface area contributed by atoms with E-state index in [1.165, 1.54) is 11.1 Å². The Morgan fingerprint density at radius 2 is 1.93 bits per heavy atom. The Kier molecular flexibility index (Phi) is 7.09. The highest BCUT2D eigenvalue weighted by atomic mass is 32.2. The number of urea groups is 1. The third kappa shape index (κ3) is 4.93. The summed E-state index contributed by atoms with van der Waals surface area (Å²) < 4.78 is 10.6. The molecule has 3 rings (SSSR count). The summed E-state index contributed by atoms with van der Waals surface area (Å²) in [4.78, 5) is 14.6. The van der Waals surface area contributed by atoms with Gasteiger partial charge in [-0.1, -0.05) is 30.3 Å². The first-order chi connectivity index (χ1) is 13.6. The molecule has 0 radical (unpaired) electrons. The predicted octanol–water partition coefficient (Wildman–Crippen LogP) is 4.40. The second-order valence-electron chi connectivity index (χ2n) is 6.84. The molecule has 1 aliphatic rings. The summed E-state index contributed by atoms with van der Waals surface area (Å²) in [6.07, 6.45) is 0.972. The van der Waals surface area contributed by atoms with E-state index in [-0.39, 0.29) is 6.03 Å². The molecular formula is C22H28N2O3S. The number of thioether (sulfide) groups is 1. The predicted molar refractivity (Wildman–Crippen MR) is 114 cm³/mol. The molecule has 2 aromatic carbocycles. The van der Waals surface area contributed by atoms with Crippen LogP contribution in [0.25, 0.3) is 0 Å². The van der Waals surface area contributed by atoms with Gasteiger partial charge in [0.2, 0.25) is 0 Å². The second kappa shape index (κ2) is 9.73. The Labute approximate surface area is 171 Å². The van der Waals surface area contributed by atoms with Crippen molar-refractivity contribution in [1.82, 2.24) is 10.2 Å². The summed E-state index contributed by atoms with van der Waals surface area (Å²) >= 11 is 1.94. The molecule has 1 aliphatic heterocycles. The molecule has 1 heterocycles. The third-order valence-electron chi connectivity index (χ3n) is 5.06. The molecule has 1 saturated heterocycles. The standard InChI is InChI=1S/C22H28N2O3S/c1-16-6-4-5-7-18(16)21-10-11-24(12-13-28-21)22(25)23-15-17-8-9-19(26-2)20(14-17)27-3/h4-9,14,21H,10-13,15H2,1-3H3,(H,23,25). The van der Waals surface area contributed by atoms with E-state index >= 15 is 0 Å². The maximum Gasteiger partial charge on any atom is 0.317 e. The lowest BCUT2D eigenvalue weighted by atomic mass is 10.0. The molecule has 1 atom stereocenters. The third-order valence-corrected chi connectivity index (χ3v) is 6.37. The largest absolute Gasteiger partial charge is 0.493 e. The van der Waals surface area contributed by atoms with E-state index in [1.807, 2.05) is 34.9 Å². The Morgan fingerprint density at radius 3 is 2.68 bits per heavy atom. The first-order valence-electron chi connectivity index (χ1n) is 9.53. The van der Waals surface area contributed by atoms with E-state index < -0.39 is 0 Å². The van der Waals surface area contributed by atoms with Crippen LogP contribution in [0.4, 0.5) is 4.79 Å². The summed E-state index contributed by atoms with van der Waals surface area (Å²) in [6.45, 7) is 4.16. The van der Waals surface area contributed by atoms with Gasteiger partial charge in [0, 0.05) is 30.6 Å². The smallest absolute Gasteiger partial charge is 0.317 e. The van der Waals surface area contributed by atoms with Crippen molar-refractivity contribution in [1.29, 1.82) is 0 Å². The number of methoxy groups -OCH3 is 2. The van der Waals surface area contributed by atoms with Crippen LogP contribution < -0.4 is 14.8 Å². The molecule has 1 N–H and O–H groups in total. The van der Waals surface area contributed by atoms with Gasteiger partial charge in [-0.3, -0.25) is 0 Å². The van der Waals surface area contributed by atoms with Gasteiger partial charge in [-0.25, -0.2) is 4.79 Å². The SMILES string of the molecule is COc1ccc(CNC(=O)N2CCSC(c3ccccc3C)CC2)cc1OC. The Bertz CT molecular complexity index is 812. The van der Waals surface area contributed by atoms with Crippen LogP contribution in [0.2, 0.25) is 0 Å². The first-order valence-corrected chi connectivity index (χ1v) is 10.6. The van der Waals surface area contributed by atoms with Gasteiger partial charge in [0.1, 0.15) is 0 Å². The molecule has 150 valence electrons. The van der Waals surface area contributed by atoms with Crippen LogP contribution in [-0.4, -0.2) is 44.0 Å². The summed E-state index contributed by atoms with van der Waals surface area (Å²) in [7, 11) is 3.22. The maximum absolute atomic E-state index is 12.7. The maximum atomic E-state index is 12.7. The first kappa shape index (κ1) is 20.4. The van der Waals surface area contributed by atoms with Crippen LogP contribution in [0.3, 0.4) is 0 Å². The van der Waals surface area contributed by atoms with Gasteiger partial charge in [0.15, 0.2) is 11.5 Å². The zero-order valence-electron chi connectivity index (χ0n) is 16.7. The lowest BCUT2D eigenvalue weighted by molar-refractivity contribution is 0.200. The number of ether oxygens (including phenoxy) is 2. The Balaban J connectivity index is 1.56. The average Bonchev–Trinajstić information content (AvgIpc) is 2.98. The molecule has 1 unspecified atom stereocenters. The molecule has 28 heavy (non-hydrogen) atoms. The fourth-order valence-corrected chi connectivity index (χ4v) is 4.78. The number of nitrogens with zero attached hydrogens (tertiary/aromatic N) is 1. The van der Waals surface area contributed by atoms with Crippen LogP contribution in [0.1, 0.15) is 28.4 Å². The van der Waals surface area contributed by atoms with E-state index in [9.17, 15) is 4.79 Å². The molecule has 5 nitrogen and oxygen atoms in total. The van der Waals surface area contributed by atoms with Gasteiger partial charge < -0.3 is 19.7 Å². The minimum absolute atomic E-state index is 0.0131. The highest BCUT2D eigenvalue weighted by Crippen LogP contribution is 2.36. The summed E-state index contributed by atoms with van der Waals surface area (Å²) in [5, 5.41) is 3.48. The van der Waals surface area contributed by atoms with Gasteiger partial charge in [-0.2, -0.15) is 11.8 Å². The Morgan fingerprint density at radius 1 is 1.14 bits per heavy atom. The van der Waals surface area contributed by atoms with Crippen LogP contribution in [0.15, 0.2) is 42.5 Å². The zero-order chi connectivity index (χ0) is 19.9. The number of carbonyl (C=O) groups is 1. The number of carbonyl (C=O) groups excluding carboxylic acids is 1. The minimum atomic E-state index is -0.0131. The Hall–Kier alpha value is -2.34. The molecule has 0 saturated carbocycles. The van der Waals surface area contributed by atoms with E-state index in [4.69, 9.17) is 9.47 Å². The molecule has 6 heteroatoms. The highest BCUT2D eigenvalue weighted by Gasteiger charge is 2.22. The lowest BCUT2D eigenvalue weighted by Crippen LogP contribution is -2.40. The summed E-state index contributed by atoms with van der Waals surface area (Å²) in [5.41, 5.74) is 3.69. The minimum Gasteiger partial charge on any atom is -0.493 e. The van der Waals surface area contributed by atoms with E-state index in [1.54, 1.807) is 14.2 Å². The van der Waals surface area contributed by atoms with Gasteiger partial charge in [-0.15, -0.1) is 0 Å². The van der Waals surface area contributed by atoms with Crippen molar-refractivity contribution in [3.8, 4) is 11.5 Å². The second-order valence-corrected chi connectivity index (χ2v) is 8.15. The van der Waals surface area contributed by atoms with Gasteiger partial charge in [0.05, 0.1) is 14.2 Å². The fraction of sp³-hybridized carbons (Fsp3) is 0.409. The number of benzene rings is 2.